The van der Waals surface area contributed by atoms with Crippen LogP contribution < -0.4 is 0 Å². The zero-order valence-electron chi connectivity index (χ0n) is 6.39. The molecular formula is C9H4Cl3N. The normalized spacial score (nSPS) is 10.7. The molecule has 2 aromatic rings. The third-order valence-corrected chi connectivity index (χ3v) is 2.63. The topological polar surface area (TPSA) is 12.9 Å². The summed E-state index contributed by atoms with van der Waals surface area (Å²) in [5, 5.41) is 3.32. The van der Waals surface area contributed by atoms with Crippen LogP contribution in [0.1, 0.15) is 0 Å². The van der Waals surface area contributed by atoms with Gasteiger partial charge >= 0.3 is 0 Å². The molecule has 0 atom stereocenters. The first-order valence-electron chi connectivity index (χ1n) is 3.58. The predicted octanol–water partition coefficient (Wildman–Crippen LogP) is 4.20. The average Bonchev–Trinajstić information content (AvgIpc) is 2.12. The molecule has 0 aliphatic heterocycles. The molecule has 4 heteroatoms. The maximum Gasteiger partial charge on any atom is 0.129 e. The van der Waals surface area contributed by atoms with Crippen LogP contribution in [0.15, 0.2) is 24.4 Å². The van der Waals surface area contributed by atoms with E-state index in [0.29, 0.717) is 15.2 Å². The van der Waals surface area contributed by atoms with Gasteiger partial charge in [0.15, 0.2) is 0 Å². The van der Waals surface area contributed by atoms with E-state index in [1.807, 2.05) is 0 Å². The average molecular weight is 232 g/mol. The Morgan fingerprint density at radius 3 is 2.23 bits per heavy atom. The molecule has 0 aliphatic rings. The molecular weight excluding hydrogens is 228 g/mol. The molecule has 0 aliphatic carbocycles. The van der Waals surface area contributed by atoms with Gasteiger partial charge in [0, 0.05) is 22.0 Å². The Balaban J connectivity index is 2.92. The third kappa shape index (κ3) is 1.60. The highest BCUT2D eigenvalue weighted by molar-refractivity contribution is 6.40. The van der Waals surface area contributed by atoms with Crippen molar-refractivity contribution < 1.29 is 0 Å². The van der Waals surface area contributed by atoms with E-state index in [2.05, 4.69) is 4.98 Å². The van der Waals surface area contributed by atoms with Gasteiger partial charge in [0.2, 0.25) is 0 Å². The quantitative estimate of drug-likeness (QED) is 0.621. The van der Waals surface area contributed by atoms with Crippen LogP contribution in [0, 0.1) is 0 Å². The van der Waals surface area contributed by atoms with Crippen molar-refractivity contribution in [1.29, 1.82) is 0 Å². The zero-order chi connectivity index (χ0) is 9.42. The molecule has 1 aromatic heterocycles. The summed E-state index contributed by atoms with van der Waals surface area (Å²) in [5.41, 5.74) is 0. The Morgan fingerprint density at radius 2 is 1.54 bits per heavy atom. The molecule has 0 bridgehead atoms. The van der Waals surface area contributed by atoms with Crippen molar-refractivity contribution in [3.63, 3.8) is 0 Å². The summed E-state index contributed by atoms with van der Waals surface area (Å²) >= 11 is 17.6. The second-order valence-corrected chi connectivity index (χ2v) is 3.78. The standard InChI is InChI=1S/C9H4Cl3N/c10-7-1-2-8(11)6-4-13-9(12)3-5(6)7/h1-4H. The van der Waals surface area contributed by atoms with Gasteiger partial charge in [0.05, 0.1) is 5.02 Å². The van der Waals surface area contributed by atoms with Gasteiger partial charge in [-0.15, -0.1) is 0 Å². The fourth-order valence-corrected chi connectivity index (χ4v) is 1.73. The first-order chi connectivity index (χ1) is 6.18. The van der Waals surface area contributed by atoms with Crippen molar-refractivity contribution in [2.75, 3.05) is 0 Å². The van der Waals surface area contributed by atoms with E-state index >= 15 is 0 Å². The van der Waals surface area contributed by atoms with Crippen LogP contribution >= 0.6 is 34.8 Å². The highest BCUT2D eigenvalue weighted by Crippen LogP contribution is 2.30. The summed E-state index contributed by atoms with van der Waals surface area (Å²) in [6, 6.07) is 5.18. The van der Waals surface area contributed by atoms with Crippen LogP contribution in [0.4, 0.5) is 0 Å². The number of benzene rings is 1. The van der Waals surface area contributed by atoms with Crippen molar-refractivity contribution in [1.82, 2.24) is 4.98 Å². The van der Waals surface area contributed by atoms with E-state index in [9.17, 15) is 0 Å². The van der Waals surface area contributed by atoms with Crippen LogP contribution in [-0.4, -0.2) is 4.98 Å². The molecule has 2 rings (SSSR count). The van der Waals surface area contributed by atoms with Crippen molar-refractivity contribution in [3.05, 3.63) is 39.6 Å². The lowest BCUT2D eigenvalue weighted by Crippen LogP contribution is -1.79. The van der Waals surface area contributed by atoms with Gasteiger partial charge in [0.25, 0.3) is 0 Å². The summed E-state index contributed by atoms with van der Waals surface area (Å²) < 4.78 is 0. The van der Waals surface area contributed by atoms with Gasteiger partial charge in [-0.25, -0.2) is 4.98 Å². The Labute approximate surface area is 90.2 Å². The Kier molecular flexibility index (Phi) is 2.33. The van der Waals surface area contributed by atoms with Gasteiger partial charge in [-0.2, -0.15) is 0 Å². The highest BCUT2D eigenvalue weighted by Gasteiger charge is 2.03. The lowest BCUT2D eigenvalue weighted by Gasteiger charge is -2.01. The van der Waals surface area contributed by atoms with Gasteiger partial charge in [-0.05, 0) is 18.2 Å². The summed E-state index contributed by atoms with van der Waals surface area (Å²) in [6.07, 6.45) is 1.62. The first kappa shape index (κ1) is 9.07. The van der Waals surface area contributed by atoms with Gasteiger partial charge in [-0.1, -0.05) is 34.8 Å². The molecule has 0 N–H and O–H groups in total. The van der Waals surface area contributed by atoms with Crippen LogP contribution in [0.3, 0.4) is 0 Å². The number of hydrogen-bond donors (Lipinski definition) is 0. The van der Waals surface area contributed by atoms with Gasteiger partial charge in [0.1, 0.15) is 5.15 Å². The number of aromatic nitrogens is 1. The molecule has 66 valence electrons. The number of rotatable bonds is 0. The van der Waals surface area contributed by atoms with E-state index in [1.54, 1.807) is 24.4 Å². The van der Waals surface area contributed by atoms with E-state index in [-0.39, 0.29) is 0 Å². The fraction of sp³-hybridized carbons (Fsp3) is 0. The van der Waals surface area contributed by atoms with Crippen LogP contribution in [0.2, 0.25) is 15.2 Å². The first-order valence-corrected chi connectivity index (χ1v) is 4.71. The molecule has 1 aromatic carbocycles. The van der Waals surface area contributed by atoms with E-state index in [1.165, 1.54) is 0 Å². The third-order valence-electron chi connectivity index (χ3n) is 1.76. The summed E-state index contributed by atoms with van der Waals surface area (Å²) in [7, 11) is 0. The lowest BCUT2D eigenvalue weighted by molar-refractivity contribution is 1.36. The van der Waals surface area contributed by atoms with Crippen molar-refractivity contribution in [2.45, 2.75) is 0 Å². The molecule has 1 heterocycles. The minimum atomic E-state index is 0.414. The lowest BCUT2D eigenvalue weighted by atomic mass is 10.2. The number of halogens is 3. The monoisotopic (exact) mass is 231 g/mol. The predicted molar refractivity (Wildman–Crippen MR) is 56.8 cm³/mol. The Hall–Kier alpha value is -0.500. The molecule has 0 radical (unpaired) electrons. The van der Waals surface area contributed by atoms with Gasteiger partial charge in [-0.3, -0.25) is 0 Å². The molecule has 13 heavy (non-hydrogen) atoms. The second-order valence-electron chi connectivity index (χ2n) is 2.58. The maximum atomic E-state index is 5.96. The minimum absolute atomic E-state index is 0.414. The molecule has 0 saturated carbocycles. The highest BCUT2D eigenvalue weighted by atomic mass is 35.5. The number of fused-ring (bicyclic) bond motifs is 1. The van der Waals surface area contributed by atoms with Crippen molar-refractivity contribution >= 4 is 45.6 Å². The Bertz CT molecular complexity index is 468. The van der Waals surface area contributed by atoms with Crippen molar-refractivity contribution in [3.8, 4) is 0 Å². The molecule has 1 nitrogen and oxygen atoms in total. The largest absolute Gasteiger partial charge is 0.244 e. The van der Waals surface area contributed by atoms with Crippen LogP contribution in [-0.2, 0) is 0 Å². The minimum Gasteiger partial charge on any atom is -0.244 e. The molecule has 0 saturated heterocycles. The number of hydrogen-bond acceptors (Lipinski definition) is 1. The van der Waals surface area contributed by atoms with E-state index in [4.69, 9.17) is 34.8 Å². The Morgan fingerprint density at radius 1 is 0.923 bits per heavy atom. The van der Waals surface area contributed by atoms with Gasteiger partial charge < -0.3 is 0 Å². The SMILES string of the molecule is Clc1cc2c(Cl)ccc(Cl)c2cn1. The van der Waals surface area contributed by atoms with E-state index in [0.717, 1.165) is 10.8 Å². The summed E-state index contributed by atoms with van der Waals surface area (Å²) in [5.74, 6) is 0. The summed E-state index contributed by atoms with van der Waals surface area (Å²) in [6.45, 7) is 0. The van der Waals surface area contributed by atoms with Crippen LogP contribution in [0.25, 0.3) is 10.8 Å². The molecule has 0 fully saturated rings. The summed E-state index contributed by atoms with van der Waals surface area (Å²) in [4.78, 5) is 3.93. The second kappa shape index (κ2) is 3.33. The van der Waals surface area contributed by atoms with E-state index < -0.39 is 0 Å². The zero-order valence-corrected chi connectivity index (χ0v) is 8.66. The number of pyridine rings is 1. The molecule has 0 spiro atoms. The molecule has 0 amide bonds. The fourth-order valence-electron chi connectivity index (χ4n) is 1.14. The van der Waals surface area contributed by atoms with Crippen molar-refractivity contribution in [2.24, 2.45) is 0 Å². The maximum absolute atomic E-state index is 5.96. The smallest absolute Gasteiger partial charge is 0.129 e. The van der Waals surface area contributed by atoms with Crippen LogP contribution in [0.5, 0.6) is 0 Å². The molecule has 0 unspecified atom stereocenters. The number of nitrogens with zero attached hydrogens (tertiary/aromatic N) is 1.